The normalized spacial score (nSPS) is 19.7. The zero-order valence-corrected chi connectivity index (χ0v) is 30.3. The van der Waals surface area contributed by atoms with Crippen LogP contribution in [0, 0.1) is 0 Å². The SMILES string of the molecule is C[N+]1=C(C=CC=CC=C2N(CCCCCC(=O)ON3C(=O)CCC3=O)c3ccc(S(=O)[O-])cc3C2(C)C)C(C)(C)c2cc(S(=O)(=O)O)ccc21. The topological polar surface area (TPSA) is 164 Å². The molecule has 0 radical (unpaired) electrons. The second-order valence-electron chi connectivity index (χ2n) is 13.6. The van der Waals surface area contributed by atoms with Crippen LogP contribution in [0.25, 0.3) is 0 Å². The molecule has 1 fully saturated rings. The molecule has 12 nitrogen and oxygen atoms in total. The molecule has 2 aromatic carbocycles. The Morgan fingerprint density at radius 3 is 2.34 bits per heavy atom. The average molecular weight is 724 g/mol. The Morgan fingerprint density at radius 2 is 1.68 bits per heavy atom. The zero-order chi connectivity index (χ0) is 36.6. The number of hydroxylamine groups is 2. The molecule has 50 heavy (non-hydrogen) atoms. The molecule has 1 saturated heterocycles. The van der Waals surface area contributed by atoms with E-state index in [0.717, 1.165) is 33.9 Å². The number of anilines is 1. The van der Waals surface area contributed by atoms with Gasteiger partial charge in [0.15, 0.2) is 5.71 Å². The number of carbonyl (C=O) groups excluding carboxylic acids is 3. The summed E-state index contributed by atoms with van der Waals surface area (Å²) in [6.45, 7) is 8.67. The standard InChI is InChI=1S/C36H41N3O9S2/c1-35(2)27-23-25(50(45,46)47)16-18-28(27)37(5)30(35)12-8-6-9-13-31-36(3,4)26-22-24(49(43)44)15-17-29(26)38(31)21-11-7-10-14-34(42)48-39-32(40)19-20-33(39)41/h6,8-9,12-13,15-18,22-23H,7,10-11,14,19-21H2,1-5H3,(H-,43,44,45,46,47). The average Bonchev–Trinajstić information content (AvgIpc) is 3.55. The fraction of sp³-hybridized carbons (Fsp3) is 0.389. The molecule has 3 aliphatic rings. The predicted octanol–water partition coefficient (Wildman–Crippen LogP) is 5.14. The van der Waals surface area contributed by atoms with E-state index in [1.165, 1.54) is 12.1 Å². The summed E-state index contributed by atoms with van der Waals surface area (Å²) < 4.78 is 58.7. The minimum Gasteiger partial charge on any atom is -0.768 e. The smallest absolute Gasteiger partial charge is 0.333 e. The van der Waals surface area contributed by atoms with E-state index >= 15 is 0 Å². The molecule has 2 amide bonds. The Morgan fingerprint density at radius 1 is 0.980 bits per heavy atom. The van der Waals surface area contributed by atoms with Crippen LogP contribution in [0.4, 0.5) is 11.4 Å². The molecule has 3 heterocycles. The number of carbonyl (C=O) groups is 3. The Balaban J connectivity index is 1.30. The molecule has 5 rings (SSSR count). The van der Waals surface area contributed by atoms with Crippen LogP contribution in [0.1, 0.15) is 77.3 Å². The molecule has 2 aromatic rings. The lowest BCUT2D eigenvalue weighted by molar-refractivity contribution is -0.401. The third kappa shape index (κ3) is 7.29. The van der Waals surface area contributed by atoms with Gasteiger partial charge in [0.2, 0.25) is 5.69 Å². The number of amides is 2. The lowest BCUT2D eigenvalue weighted by Gasteiger charge is -2.27. The number of allylic oxidation sites excluding steroid dienone is 6. The van der Waals surface area contributed by atoms with Crippen molar-refractivity contribution in [2.45, 2.75) is 86.8 Å². The zero-order valence-electron chi connectivity index (χ0n) is 28.7. The number of nitrogens with zero attached hydrogens (tertiary/aromatic N) is 3. The Kier molecular flexibility index (Phi) is 10.5. The number of hydrogen-bond donors (Lipinski definition) is 1. The molecule has 0 saturated carbocycles. The van der Waals surface area contributed by atoms with Crippen molar-refractivity contribution >= 4 is 56.1 Å². The molecule has 0 aromatic heterocycles. The summed E-state index contributed by atoms with van der Waals surface area (Å²) in [5.41, 5.74) is 4.27. The Labute approximate surface area is 294 Å². The maximum Gasteiger partial charge on any atom is 0.333 e. The molecule has 0 spiro atoms. The maximum absolute atomic E-state index is 12.2. The van der Waals surface area contributed by atoms with Gasteiger partial charge < -0.3 is 14.3 Å². The first kappa shape index (κ1) is 37.0. The van der Waals surface area contributed by atoms with Gasteiger partial charge in [-0.2, -0.15) is 13.0 Å². The molecule has 0 aliphatic carbocycles. The summed E-state index contributed by atoms with van der Waals surface area (Å²) >= 11 is -2.38. The van der Waals surface area contributed by atoms with E-state index in [1.54, 1.807) is 18.2 Å². The highest BCUT2D eigenvalue weighted by atomic mass is 32.2. The first-order valence-corrected chi connectivity index (χ1v) is 18.8. The van der Waals surface area contributed by atoms with Crippen molar-refractivity contribution < 1.29 is 45.5 Å². The third-order valence-electron chi connectivity index (χ3n) is 9.55. The van der Waals surface area contributed by atoms with Gasteiger partial charge >= 0.3 is 5.97 Å². The third-order valence-corrected chi connectivity index (χ3v) is 11.0. The van der Waals surface area contributed by atoms with Crippen LogP contribution < -0.4 is 4.90 Å². The minimum atomic E-state index is -4.34. The second-order valence-corrected chi connectivity index (χ2v) is 15.9. The fourth-order valence-electron chi connectivity index (χ4n) is 6.85. The molecule has 1 unspecified atom stereocenters. The Bertz CT molecular complexity index is 1990. The van der Waals surface area contributed by atoms with Crippen molar-refractivity contribution in [2.75, 3.05) is 18.5 Å². The predicted molar refractivity (Wildman–Crippen MR) is 186 cm³/mol. The van der Waals surface area contributed by atoms with E-state index in [4.69, 9.17) is 4.84 Å². The summed E-state index contributed by atoms with van der Waals surface area (Å²) in [4.78, 5) is 42.8. The molecule has 3 aliphatic heterocycles. The number of imide groups is 1. The largest absolute Gasteiger partial charge is 0.768 e. The van der Waals surface area contributed by atoms with Gasteiger partial charge in [0.05, 0.1) is 10.3 Å². The van der Waals surface area contributed by atoms with Crippen molar-refractivity contribution in [3.05, 3.63) is 83.6 Å². The number of rotatable bonds is 12. The fourth-order valence-corrected chi connectivity index (χ4v) is 7.75. The van der Waals surface area contributed by atoms with Crippen LogP contribution in [0.2, 0.25) is 0 Å². The van der Waals surface area contributed by atoms with Crippen molar-refractivity contribution in [3.8, 4) is 0 Å². The van der Waals surface area contributed by atoms with Crippen molar-refractivity contribution in [2.24, 2.45) is 0 Å². The molecule has 1 N–H and O–H groups in total. The molecular weight excluding hydrogens is 683 g/mol. The van der Waals surface area contributed by atoms with Crippen LogP contribution in [0.15, 0.2) is 82.3 Å². The highest BCUT2D eigenvalue weighted by molar-refractivity contribution is 7.85. The van der Waals surface area contributed by atoms with E-state index in [-0.39, 0.29) is 29.1 Å². The second kappa shape index (κ2) is 14.2. The molecule has 1 atom stereocenters. The highest BCUT2D eigenvalue weighted by Crippen LogP contribution is 2.48. The Hall–Kier alpha value is -4.24. The van der Waals surface area contributed by atoms with Crippen LogP contribution in [-0.2, 0) is 51.2 Å². The maximum atomic E-state index is 12.2. The van der Waals surface area contributed by atoms with Crippen LogP contribution in [0.5, 0.6) is 0 Å². The summed E-state index contributed by atoms with van der Waals surface area (Å²) in [7, 11) is -2.43. The first-order chi connectivity index (χ1) is 23.4. The van der Waals surface area contributed by atoms with Gasteiger partial charge in [-0.15, -0.1) is 5.06 Å². The van der Waals surface area contributed by atoms with E-state index in [9.17, 15) is 36.1 Å². The lowest BCUT2D eigenvalue weighted by Crippen LogP contribution is -2.32. The van der Waals surface area contributed by atoms with Gasteiger partial charge in [-0.1, -0.05) is 38.5 Å². The monoisotopic (exact) mass is 723 g/mol. The van der Waals surface area contributed by atoms with Gasteiger partial charge in [-0.05, 0) is 79.7 Å². The van der Waals surface area contributed by atoms with Crippen molar-refractivity contribution in [1.29, 1.82) is 0 Å². The summed E-state index contributed by atoms with van der Waals surface area (Å²) in [5.74, 6) is -1.65. The van der Waals surface area contributed by atoms with E-state index in [0.29, 0.717) is 30.9 Å². The van der Waals surface area contributed by atoms with Crippen molar-refractivity contribution in [3.63, 3.8) is 0 Å². The highest BCUT2D eigenvalue weighted by Gasteiger charge is 2.44. The van der Waals surface area contributed by atoms with Crippen LogP contribution >= 0.6 is 0 Å². The number of fused-ring (bicyclic) bond motifs is 2. The van der Waals surface area contributed by atoms with E-state index in [1.807, 2.05) is 75.8 Å². The van der Waals surface area contributed by atoms with Crippen LogP contribution in [0.3, 0.4) is 0 Å². The first-order valence-electron chi connectivity index (χ1n) is 16.3. The van der Waals surface area contributed by atoms with Crippen LogP contribution in [-0.4, -0.2) is 68.5 Å². The minimum absolute atomic E-state index is 0.0415. The van der Waals surface area contributed by atoms with E-state index < -0.39 is 49.8 Å². The number of unbranched alkanes of at least 4 members (excludes halogenated alkanes) is 2. The number of benzene rings is 2. The van der Waals surface area contributed by atoms with Gasteiger partial charge in [-0.25, -0.2) is 4.79 Å². The summed E-state index contributed by atoms with van der Waals surface area (Å²) in [5, 5.41) is 0.557. The van der Waals surface area contributed by atoms with Gasteiger partial charge in [-0.3, -0.25) is 18.4 Å². The summed E-state index contributed by atoms with van der Waals surface area (Å²) in [6, 6.07) is 9.68. The van der Waals surface area contributed by atoms with Gasteiger partial charge in [0.25, 0.3) is 21.9 Å². The van der Waals surface area contributed by atoms with Gasteiger partial charge in [0.1, 0.15) is 7.05 Å². The number of hydrogen-bond acceptors (Lipinski definition) is 9. The summed E-state index contributed by atoms with van der Waals surface area (Å²) in [6.07, 6.45) is 11.7. The lowest BCUT2D eigenvalue weighted by atomic mass is 9.81. The molecular formula is C36H41N3O9S2. The molecule has 266 valence electrons. The van der Waals surface area contributed by atoms with Gasteiger partial charge in [0, 0.05) is 65.2 Å². The molecule has 0 bridgehead atoms. The quantitative estimate of drug-likeness (QED) is 0.0775. The molecule has 14 heteroatoms. The van der Waals surface area contributed by atoms with Crippen molar-refractivity contribution in [1.82, 2.24) is 5.06 Å². The van der Waals surface area contributed by atoms with E-state index in [2.05, 4.69) is 4.90 Å².